The number of nitrogens with zero attached hydrogens (tertiary/aromatic N) is 1. The number of hydrogen-bond acceptors (Lipinski definition) is 5. The van der Waals surface area contributed by atoms with Gasteiger partial charge in [0.05, 0.1) is 7.11 Å². The van der Waals surface area contributed by atoms with Crippen LogP contribution in [0.25, 0.3) is 11.3 Å². The number of rotatable bonds is 3. The molecule has 6 heteroatoms. The van der Waals surface area contributed by atoms with E-state index >= 15 is 0 Å². The van der Waals surface area contributed by atoms with Crippen molar-refractivity contribution >= 4 is 11.7 Å². The fourth-order valence-corrected chi connectivity index (χ4v) is 1.72. The number of ether oxygens (including phenoxy) is 1. The second-order valence-corrected chi connectivity index (χ2v) is 3.73. The van der Waals surface area contributed by atoms with Gasteiger partial charge in [0.2, 0.25) is 0 Å². The van der Waals surface area contributed by atoms with Gasteiger partial charge in [-0.25, -0.2) is 4.79 Å². The number of aromatic carboxylic acids is 1. The highest BCUT2D eigenvalue weighted by molar-refractivity contribution is 5.96. The summed E-state index contributed by atoms with van der Waals surface area (Å²) in [5.41, 5.74) is 6.90. The molecule has 0 saturated carbocycles. The van der Waals surface area contributed by atoms with Gasteiger partial charge in [0.1, 0.15) is 22.8 Å². The van der Waals surface area contributed by atoms with Gasteiger partial charge in [-0.3, -0.25) is 0 Å². The van der Waals surface area contributed by atoms with Crippen molar-refractivity contribution in [2.45, 2.75) is 6.92 Å². The van der Waals surface area contributed by atoms with E-state index < -0.39 is 5.97 Å². The number of carboxylic acid groups (broad SMARTS) is 1. The standard InChI is InChI=1S/C12H12N2O4/c1-6-10(12(15)16)11(14-18-6)8-5-7(13)3-4-9(8)17-2/h3-5H,13H2,1-2H3,(H,15,16). The first-order chi connectivity index (χ1) is 8.54. The Kier molecular flexibility index (Phi) is 2.93. The molecule has 0 saturated heterocycles. The molecule has 0 radical (unpaired) electrons. The number of aryl methyl sites for hydroxylation is 1. The number of anilines is 1. The molecule has 2 rings (SSSR count). The number of nitrogen functional groups attached to an aromatic ring is 1. The Balaban J connectivity index is 2.69. The molecule has 0 aliphatic rings. The maximum Gasteiger partial charge on any atom is 0.341 e. The molecular weight excluding hydrogens is 236 g/mol. The predicted molar refractivity (Wildman–Crippen MR) is 64.6 cm³/mol. The lowest BCUT2D eigenvalue weighted by Crippen LogP contribution is -2.00. The minimum Gasteiger partial charge on any atom is -0.496 e. The summed E-state index contributed by atoms with van der Waals surface area (Å²) in [4.78, 5) is 11.2. The number of methoxy groups -OCH3 is 1. The molecule has 0 aliphatic heterocycles. The molecule has 0 bridgehead atoms. The molecule has 1 aromatic heterocycles. The topological polar surface area (TPSA) is 98.6 Å². The molecule has 0 fully saturated rings. The Morgan fingerprint density at radius 1 is 1.50 bits per heavy atom. The van der Waals surface area contributed by atoms with E-state index in [1.807, 2.05) is 0 Å². The molecule has 0 unspecified atom stereocenters. The molecule has 1 heterocycles. The van der Waals surface area contributed by atoms with Crippen molar-refractivity contribution < 1.29 is 19.2 Å². The number of hydrogen-bond donors (Lipinski definition) is 2. The van der Waals surface area contributed by atoms with Crippen LogP contribution in [0.1, 0.15) is 16.1 Å². The zero-order valence-corrected chi connectivity index (χ0v) is 9.93. The van der Waals surface area contributed by atoms with Crippen molar-refractivity contribution in [2.24, 2.45) is 0 Å². The quantitative estimate of drug-likeness (QED) is 0.805. The van der Waals surface area contributed by atoms with E-state index in [4.69, 9.17) is 20.1 Å². The molecule has 1 aromatic carbocycles. The smallest absolute Gasteiger partial charge is 0.341 e. The number of benzene rings is 1. The van der Waals surface area contributed by atoms with Crippen molar-refractivity contribution in [3.8, 4) is 17.0 Å². The van der Waals surface area contributed by atoms with Gasteiger partial charge in [-0.05, 0) is 25.1 Å². The minimum absolute atomic E-state index is 0.0129. The van der Waals surface area contributed by atoms with Crippen LogP contribution in [0.4, 0.5) is 5.69 Å². The lowest BCUT2D eigenvalue weighted by atomic mass is 10.0. The Bertz CT molecular complexity index is 604. The van der Waals surface area contributed by atoms with Crippen molar-refractivity contribution in [3.05, 3.63) is 29.5 Å². The van der Waals surface area contributed by atoms with Crippen molar-refractivity contribution in [2.75, 3.05) is 12.8 Å². The lowest BCUT2D eigenvalue weighted by Gasteiger charge is -2.07. The number of aromatic nitrogens is 1. The van der Waals surface area contributed by atoms with Crippen LogP contribution in [-0.4, -0.2) is 23.3 Å². The van der Waals surface area contributed by atoms with Crippen LogP contribution < -0.4 is 10.5 Å². The Morgan fingerprint density at radius 2 is 2.22 bits per heavy atom. The van der Waals surface area contributed by atoms with Gasteiger partial charge < -0.3 is 20.1 Å². The van der Waals surface area contributed by atoms with Crippen LogP contribution in [0.3, 0.4) is 0 Å². The van der Waals surface area contributed by atoms with Gasteiger partial charge in [0.25, 0.3) is 0 Å². The highest BCUT2D eigenvalue weighted by atomic mass is 16.5. The van der Waals surface area contributed by atoms with Crippen LogP contribution in [0.15, 0.2) is 22.7 Å². The largest absolute Gasteiger partial charge is 0.496 e. The first-order valence-electron chi connectivity index (χ1n) is 5.18. The van der Waals surface area contributed by atoms with E-state index in [2.05, 4.69) is 5.16 Å². The van der Waals surface area contributed by atoms with Crippen LogP contribution in [0.2, 0.25) is 0 Å². The fraction of sp³-hybridized carbons (Fsp3) is 0.167. The third-order valence-corrected chi connectivity index (χ3v) is 2.56. The average molecular weight is 248 g/mol. The van der Waals surface area contributed by atoms with Gasteiger partial charge in [0.15, 0.2) is 0 Å². The first-order valence-corrected chi connectivity index (χ1v) is 5.18. The normalized spacial score (nSPS) is 10.3. The Morgan fingerprint density at radius 3 is 2.83 bits per heavy atom. The van der Waals surface area contributed by atoms with E-state index in [-0.39, 0.29) is 17.0 Å². The van der Waals surface area contributed by atoms with Crippen molar-refractivity contribution in [1.29, 1.82) is 0 Å². The molecule has 94 valence electrons. The molecule has 0 spiro atoms. The summed E-state index contributed by atoms with van der Waals surface area (Å²) >= 11 is 0. The summed E-state index contributed by atoms with van der Waals surface area (Å²) in [6.07, 6.45) is 0. The maximum atomic E-state index is 11.2. The van der Waals surface area contributed by atoms with Crippen molar-refractivity contribution in [3.63, 3.8) is 0 Å². The van der Waals surface area contributed by atoms with E-state index in [9.17, 15) is 4.79 Å². The SMILES string of the molecule is COc1ccc(N)cc1-c1noc(C)c1C(=O)O. The molecule has 0 aliphatic carbocycles. The highest BCUT2D eigenvalue weighted by Gasteiger charge is 2.23. The third-order valence-electron chi connectivity index (χ3n) is 2.56. The zero-order valence-electron chi connectivity index (χ0n) is 9.93. The summed E-state index contributed by atoms with van der Waals surface area (Å²) < 4.78 is 10.1. The number of carbonyl (C=O) groups is 1. The Hall–Kier alpha value is -2.50. The molecule has 0 amide bonds. The van der Waals surface area contributed by atoms with Gasteiger partial charge in [0, 0.05) is 11.3 Å². The van der Waals surface area contributed by atoms with Crippen LogP contribution in [0, 0.1) is 6.92 Å². The zero-order chi connectivity index (χ0) is 13.3. The first kappa shape index (κ1) is 12.0. The summed E-state index contributed by atoms with van der Waals surface area (Å²) in [5, 5.41) is 12.9. The molecule has 3 N–H and O–H groups in total. The maximum absolute atomic E-state index is 11.2. The molecule has 18 heavy (non-hydrogen) atoms. The second kappa shape index (κ2) is 4.40. The minimum atomic E-state index is -1.10. The van der Waals surface area contributed by atoms with E-state index in [1.54, 1.807) is 25.1 Å². The summed E-state index contributed by atoms with van der Waals surface area (Å²) in [6.45, 7) is 1.54. The number of carboxylic acids is 1. The Labute approximate surface area is 103 Å². The highest BCUT2D eigenvalue weighted by Crippen LogP contribution is 2.34. The molecular formula is C12H12N2O4. The van der Waals surface area contributed by atoms with Crippen LogP contribution in [-0.2, 0) is 0 Å². The van der Waals surface area contributed by atoms with E-state index in [1.165, 1.54) is 7.11 Å². The molecule has 6 nitrogen and oxygen atoms in total. The van der Waals surface area contributed by atoms with Crippen LogP contribution >= 0.6 is 0 Å². The lowest BCUT2D eigenvalue weighted by molar-refractivity contribution is 0.0696. The summed E-state index contributed by atoms with van der Waals surface area (Å²) in [7, 11) is 1.49. The van der Waals surface area contributed by atoms with Gasteiger partial charge in [-0.15, -0.1) is 0 Å². The monoisotopic (exact) mass is 248 g/mol. The van der Waals surface area contributed by atoms with Crippen molar-refractivity contribution in [1.82, 2.24) is 5.16 Å². The van der Waals surface area contributed by atoms with Crippen LogP contribution in [0.5, 0.6) is 5.75 Å². The van der Waals surface area contributed by atoms with E-state index in [0.29, 0.717) is 17.0 Å². The van der Waals surface area contributed by atoms with Gasteiger partial charge in [-0.1, -0.05) is 5.16 Å². The van der Waals surface area contributed by atoms with E-state index in [0.717, 1.165) is 0 Å². The fourth-order valence-electron chi connectivity index (χ4n) is 1.72. The van der Waals surface area contributed by atoms with Gasteiger partial charge in [-0.2, -0.15) is 0 Å². The summed E-state index contributed by atoms with van der Waals surface area (Å²) in [5.74, 6) is -0.379. The number of nitrogens with two attached hydrogens (primary N) is 1. The third kappa shape index (κ3) is 1.88. The second-order valence-electron chi connectivity index (χ2n) is 3.73. The molecule has 2 aromatic rings. The predicted octanol–water partition coefficient (Wildman–Crippen LogP) is 1.94. The summed E-state index contributed by atoms with van der Waals surface area (Å²) in [6, 6.07) is 4.92. The van der Waals surface area contributed by atoms with Gasteiger partial charge >= 0.3 is 5.97 Å². The average Bonchev–Trinajstić information content (AvgIpc) is 2.71. The molecule has 0 atom stereocenters.